The van der Waals surface area contributed by atoms with Crippen molar-refractivity contribution >= 4 is 12.1 Å². The van der Waals surface area contributed by atoms with E-state index in [-0.39, 0.29) is 6.09 Å². The minimum atomic E-state index is -0.457. The fraction of sp³-hybridized carbons (Fsp3) is 0.889. The Hall–Kier alpha value is -1.50. The summed E-state index contributed by atoms with van der Waals surface area (Å²) in [6.07, 6.45) is 2.17. The third-order valence-corrected chi connectivity index (χ3v) is 4.68. The van der Waals surface area contributed by atoms with E-state index in [1.807, 2.05) is 20.8 Å². The number of likely N-dealkylation sites (tertiary alicyclic amines) is 1. The number of carbonyl (C=O) groups is 1. The summed E-state index contributed by atoms with van der Waals surface area (Å²) in [5.74, 6) is 1.23. The van der Waals surface area contributed by atoms with Crippen LogP contribution in [0.3, 0.4) is 0 Å². The standard InChI is InChI=1S/C18H35N5O2/c1-5-7-21-8-6-15(14-21)13-20-16(19)22-9-11-23(12-10-22)17(24)25-18(2,3)4/h15H,5-14H2,1-4H3,(H2,19,20). The largest absolute Gasteiger partial charge is 0.444 e. The fourth-order valence-electron chi connectivity index (χ4n) is 3.35. The molecule has 2 rings (SSSR count). The summed E-state index contributed by atoms with van der Waals surface area (Å²) >= 11 is 0. The molecule has 0 aliphatic carbocycles. The van der Waals surface area contributed by atoms with Gasteiger partial charge in [-0.3, -0.25) is 4.99 Å². The van der Waals surface area contributed by atoms with Gasteiger partial charge in [0.05, 0.1) is 0 Å². The van der Waals surface area contributed by atoms with Crippen LogP contribution in [-0.2, 0) is 4.74 Å². The SMILES string of the molecule is CCCN1CCC(CN=C(N)N2CCN(C(=O)OC(C)(C)C)CC2)C1. The number of hydrogen-bond acceptors (Lipinski definition) is 4. The van der Waals surface area contributed by atoms with Crippen molar-refractivity contribution in [3.05, 3.63) is 0 Å². The Labute approximate surface area is 152 Å². The molecule has 2 aliphatic rings. The number of piperazine rings is 1. The molecule has 2 aliphatic heterocycles. The third kappa shape index (κ3) is 6.38. The molecule has 0 aromatic rings. The minimum absolute atomic E-state index is 0.246. The summed E-state index contributed by atoms with van der Waals surface area (Å²) in [6, 6.07) is 0. The van der Waals surface area contributed by atoms with Gasteiger partial charge in [-0.05, 0) is 52.6 Å². The summed E-state index contributed by atoms with van der Waals surface area (Å²) in [5, 5.41) is 0. The molecule has 0 aromatic carbocycles. The maximum Gasteiger partial charge on any atom is 0.410 e. The van der Waals surface area contributed by atoms with Crippen LogP contribution >= 0.6 is 0 Å². The van der Waals surface area contributed by atoms with E-state index < -0.39 is 5.60 Å². The van der Waals surface area contributed by atoms with Crippen molar-refractivity contribution in [2.75, 3.05) is 52.4 Å². The molecule has 7 nitrogen and oxygen atoms in total. The van der Waals surface area contributed by atoms with Gasteiger partial charge in [0.25, 0.3) is 0 Å². The summed E-state index contributed by atoms with van der Waals surface area (Å²) in [4.78, 5) is 23.0. The van der Waals surface area contributed by atoms with E-state index in [9.17, 15) is 4.79 Å². The Morgan fingerprint density at radius 2 is 1.80 bits per heavy atom. The van der Waals surface area contributed by atoms with Crippen LogP contribution in [0, 0.1) is 5.92 Å². The quantitative estimate of drug-likeness (QED) is 0.614. The number of hydrogen-bond donors (Lipinski definition) is 1. The third-order valence-electron chi connectivity index (χ3n) is 4.68. The first-order valence-electron chi connectivity index (χ1n) is 9.53. The van der Waals surface area contributed by atoms with Gasteiger partial charge in [0.2, 0.25) is 0 Å². The van der Waals surface area contributed by atoms with Gasteiger partial charge in [0.1, 0.15) is 5.60 Å². The van der Waals surface area contributed by atoms with Crippen molar-refractivity contribution in [3.63, 3.8) is 0 Å². The molecule has 7 heteroatoms. The Kier molecular flexibility index (Phi) is 6.93. The van der Waals surface area contributed by atoms with Crippen molar-refractivity contribution in [1.82, 2.24) is 14.7 Å². The molecule has 0 radical (unpaired) electrons. The second kappa shape index (κ2) is 8.74. The molecule has 2 saturated heterocycles. The van der Waals surface area contributed by atoms with Crippen molar-refractivity contribution < 1.29 is 9.53 Å². The van der Waals surface area contributed by atoms with Gasteiger partial charge in [-0.25, -0.2) is 4.79 Å². The van der Waals surface area contributed by atoms with Crippen molar-refractivity contribution in [3.8, 4) is 0 Å². The van der Waals surface area contributed by atoms with E-state index in [1.165, 1.54) is 25.9 Å². The molecular weight excluding hydrogens is 318 g/mol. The van der Waals surface area contributed by atoms with Crippen LogP contribution in [0.2, 0.25) is 0 Å². The number of rotatable bonds is 4. The fourth-order valence-corrected chi connectivity index (χ4v) is 3.35. The van der Waals surface area contributed by atoms with Gasteiger partial charge in [-0.15, -0.1) is 0 Å². The average molecular weight is 354 g/mol. The lowest BCUT2D eigenvalue weighted by molar-refractivity contribution is 0.0186. The summed E-state index contributed by atoms with van der Waals surface area (Å²) < 4.78 is 5.42. The van der Waals surface area contributed by atoms with Crippen LogP contribution in [0.5, 0.6) is 0 Å². The van der Waals surface area contributed by atoms with Crippen LogP contribution in [0.25, 0.3) is 0 Å². The molecule has 2 N–H and O–H groups in total. The van der Waals surface area contributed by atoms with Crippen molar-refractivity contribution in [2.45, 2.75) is 46.1 Å². The minimum Gasteiger partial charge on any atom is -0.444 e. The Morgan fingerprint density at radius 1 is 1.16 bits per heavy atom. The molecule has 0 saturated carbocycles. The molecule has 0 aromatic heterocycles. The second-order valence-corrected chi connectivity index (χ2v) is 8.11. The average Bonchev–Trinajstić information content (AvgIpc) is 2.99. The monoisotopic (exact) mass is 353 g/mol. The lowest BCUT2D eigenvalue weighted by atomic mass is 10.1. The number of aliphatic imine (C=N–C) groups is 1. The first-order chi connectivity index (χ1) is 11.8. The summed E-state index contributed by atoms with van der Waals surface area (Å²) in [7, 11) is 0. The van der Waals surface area contributed by atoms with Gasteiger partial charge < -0.3 is 25.2 Å². The second-order valence-electron chi connectivity index (χ2n) is 8.11. The number of ether oxygens (including phenoxy) is 1. The predicted molar refractivity (Wildman–Crippen MR) is 101 cm³/mol. The first kappa shape index (κ1) is 19.8. The molecule has 2 heterocycles. The lowest BCUT2D eigenvalue weighted by Gasteiger charge is -2.36. The molecule has 2 fully saturated rings. The molecule has 1 amide bonds. The predicted octanol–water partition coefficient (Wildman–Crippen LogP) is 1.59. The lowest BCUT2D eigenvalue weighted by Crippen LogP contribution is -2.53. The van der Waals surface area contributed by atoms with Crippen LogP contribution in [0.4, 0.5) is 4.79 Å². The van der Waals surface area contributed by atoms with Crippen LogP contribution in [0.1, 0.15) is 40.5 Å². The Bertz CT molecular complexity index is 467. The zero-order valence-electron chi connectivity index (χ0n) is 16.3. The number of carbonyl (C=O) groups excluding carboxylic acids is 1. The number of nitrogens with two attached hydrogens (primary N) is 1. The van der Waals surface area contributed by atoms with E-state index in [4.69, 9.17) is 10.5 Å². The topological polar surface area (TPSA) is 74.4 Å². The van der Waals surface area contributed by atoms with Crippen molar-refractivity contribution in [2.24, 2.45) is 16.6 Å². The molecule has 1 atom stereocenters. The normalized spacial score (nSPS) is 23.2. The first-order valence-corrected chi connectivity index (χ1v) is 9.53. The Morgan fingerprint density at radius 3 is 2.40 bits per heavy atom. The highest BCUT2D eigenvalue weighted by molar-refractivity contribution is 5.78. The molecule has 25 heavy (non-hydrogen) atoms. The number of nitrogens with zero attached hydrogens (tertiary/aromatic N) is 4. The zero-order valence-corrected chi connectivity index (χ0v) is 16.3. The van der Waals surface area contributed by atoms with Crippen molar-refractivity contribution in [1.29, 1.82) is 0 Å². The van der Waals surface area contributed by atoms with Gasteiger partial charge >= 0.3 is 6.09 Å². The van der Waals surface area contributed by atoms with E-state index in [1.54, 1.807) is 4.90 Å². The van der Waals surface area contributed by atoms with Gasteiger partial charge in [-0.1, -0.05) is 6.92 Å². The smallest absolute Gasteiger partial charge is 0.410 e. The van der Waals surface area contributed by atoms with Crippen LogP contribution < -0.4 is 5.73 Å². The summed E-state index contributed by atoms with van der Waals surface area (Å²) in [5.41, 5.74) is 5.71. The van der Waals surface area contributed by atoms with Gasteiger partial charge in [0, 0.05) is 39.3 Å². The molecule has 144 valence electrons. The van der Waals surface area contributed by atoms with Crippen LogP contribution in [0.15, 0.2) is 4.99 Å². The number of guanidine groups is 1. The van der Waals surface area contributed by atoms with Gasteiger partial charge in [0.15, 0.2) is 5.96 Å². The van der Waals surface area contributed by atoms with E-state index in [0.717, 1.165) is 13.1 Å². The molecule has 1 unspecified atom stereocenters. The van der Waals surface area contributed by atoms with E-state index in [0.29, 0.717) is 38.1 Å². The highest BCUT2D eigenvalue weighted by Gasteiger charge is 2.27. The maximum absolute atomic E-state index is 12.1. The maximum atomic E-state index is 12.1. The van der Waals surface area contributed by atoms with Gasteiger partial charge in [-0.2, -0.15) is 0 Å². The number of amides is 1. The highest BCUT2D eigenvalue weighted by Crippen LogP contribution is 2.17. The highest BCUT2D eigenvalue weighted by atomic mass is 16.6. The zero-order chi connectivity index (χ0) is 18.4. The molecular formula is C18H35N5O2. The molecule has 0 spiro atoms. The molecule has 0 bridgehead atoms. The van der Waals surface area contributed by atoms with Crippen LogP contribution in [-0.4, -0.2) is 84.7 Å². The van der Waals surface area contributed by atoms with E-state index >= 15 is 0 Å². The Balaban J connectivity index is 1.73. The van der Waals surface area contributed by atoms with E-state index in [2.05, 4.69) is 21.7 Å². The summed E-state index contributed by atoms with van der Waals surface area (Å²) in [6.45, 7) is 14.9.